The quantitative estimate of drug-likeness (QED) is 0.0876. The Morgan fingerprint density at radius 3 is 2.27 bits per heavy atom. The number of amides is 3. The fourth-order valence-electron chi connectivity index (χ4n) is 5.85. The molecule has 3 N–H and O–H groups in total. The highest BCUT2D eigenvalue weighted by atomic mass is 32.2. The van der Waals surface area contributed by atoms with Crippen molar-refractivity contribution in [3.05, 3.63) is 132 Å². The molecular weight excluding hydrogens is 661 g/mol. The Labute approximate surface area is 300 Å². The zero-order valence-electron chi connectivity index (χ0n) is 28.7. The number of fused-ring (bicyclic) bond motifs is 3. The van der Waals surface area contributed by atoms with E-state index in [1.807, 2.05) is 49.4 Å². The van der Waals surface area contributed by atoms with Gasteiger partial charge in [-0.3, -0.25) is 14.4 Å². The van der Waals surface area contributed by atoms with E-state index in [0.29, 0.717) is 28.3 Å². The van der Waals surface area contributed by atoms with Crippen LogP contribution in [0.25, 0.3) is 27.9 Å². The molecule has 1 aromatic heterocycles. The lowest BCUT2D eigenvalue weighted by Crippen LogP contribution is -2.30. The number of benzene rings is 5. The highest BCUT2D eigenvalue weighted by Crippen LogP contribution is 2.32. The van der Waals surface area contributed by atoms with Crippen LogP contribution in [0.5, 0.6) is 11.5 Å². The average Bonchev–Trinajstić information content (AvgIpc) is 3.47. The summed E-state index contributed by atoms with van der Waals surface area (Å²) in [5, 5.41) is 10.5. The molecule has 9 nitrogen and oxygen atoms in total. The number of carbonyl (C=O) groups excluding carboxylic acids is 3. The number of methoxy groups -OCH3 is 2. The van der Waals surface area contributed by atoms with Crippen molar-refractivity contribution in [2.24, 2.45) is 0 Å². The second-order valence-corrected chi connectivity index (χ2v) is 13.1. The van der Waals surface area contributed by atoms with Crippen molar-refractivity contribution < 1.29 is 23.9 Å². The Morgan fingerprint density at radius 1 is 0.765 bits per heavy atom. The number of nitrogens with one attached hydrogen (secondary N) is 3. The van der Waals surface area contributed by atoms with Crippen molar-refractivity contribution in [2.45, 2.75) is 30.5 Å². The first-order valence-corrected chi connectivity index (χ1v) is 17.4. The number of hydrogen-bond acceptors (Lipinski definition) is 6. The number of carbonyl (C=O) groups is 3. The first-order chi connectivity index (χ1) is 24.8. The lowest BCUT2D eigenvalue weighted by Gasteiger charge is -2.15. The topological polar surface area (TPSA) is 111 Å². The smallest absolute Gasteiger partial charge is 0.272 e. The van der Waals surface area contributed by atoms with E-state index < -0.39 is 17.1 Å². The third-order valence-corrected chi connectivity index (χ3v) is 9.49. The minimum Gasteiger partial charge on any atom is -0.497 e. The second-order valence-electron chi connectivity index (χ2n) is 11.7. The lowest BCUT2D eigenvalue weighted by molar-refractivity contribution is -0.115. The van der Waals surface area contributed by atoms with Gasteiger partial charge in [0.25, 0.3) is 11.8 Å². The van der Waals surface area contributed by atoms with E-state index in [1.54, 1.807) is 73.8 Å². The normalized spacial score (nSPS) is 12.0. The van der Waals surface area contributed by atoms with Crippen LogP contribution >= 0.6 is 11.8 Å². The van der Waals surface area contributed by atoms with E-state index in [-0.39, 0.29) is 11.6 Å². The van der Waals surface area contributed by atoms with Crippen molar-refractivity contribution in [3.8, 4) is 11.5 Å². The lowest BCUT2D eigenvalue weighted by atomic mass is 10.1. The van der Waals surface area contributed by atoms with E-state index in [1.165, 1.54) is 18.9 Å². The summed E-state index contributed by atoms with van der Waals surface area (Å²) < 4.78 is 13.1. The second kappa shape index (κ2) is 15.7. The number of hydrogen-bond donors (Lipinski definition) is 3. The fraction of sp³-hybridized carbons (Fsp3) is 0.146. The van der Waals surface area contributed by atoms with Gasteiger partial charge in [0, 0.05) is 61.8 Å². The number of anilines is 2. The third kappa shape index (κ3) is 7.92. The van der Waals surface area contributed by atoms with Crippen LogP contribution in [0, 0.1) is 0 Å². The molecule has 258 valence electrons. The molecule has 3 amide bonds. The molecular formula is C41H38N4O5S. The molecule has 1 atom stereocenters. The van der Waals surface area contributed by atoms with Gasteiger partial charge in [0.15, 0.2) is 0 Å². The molecule has 0 saturated heterocycles. The van der Waals surface area contributed by atoms with Gasteiger partial charge in [-0.25, -0.2) is 0 Å². The molecule has 0 spiro atoms. The van der Waals surface area contributed by atoms with Gasteiger partial charge >= 0.3 is 0 Å². The molecule has 1 unspecified atom stereocenters. The standard InChI is InChI=1S/C41H38N4O5S/c1-5-45-36-17-10-9-16-33(36)34-24-30(19-21-37(34)45)42-39(46)26(2)51-32-15-11-14-29(23-32)43-41(48)35(44-40(47)27-12-7-6-8-13-27)22-28-18-20-31(49-3)25-38(28)50-4/h6-26H,5H2,1-4H3,(H,42,46)(H,43,48)(H,44,47)/b35-22+. The van der Waals surface area contributed by atoms with Gasteiger partial charge in [0.2, 0.25) is 5.91 Å². The SMILES string of the molecule is CCn1c2ccccc2c2cc(NC(=O)C(C)Sc3cccc(NC(=O)/C(=C\c4ccc(OC)cc4OC)NC(=O)c4ccccc4)c3)ccc21. The van der Waals surface area contributed by atoms with E-state index in [9.17, 15) is 14.4 Å². The Morgan fingerprint density at radius 2 is 1.51 bits per heavy atom. The Hall–Kier alpha value is -6.00. The van der Waals surface area contributed by atoms with Gasteiger partial charge in [-0.1, -0.05) is 42.5 Å². The molecule has 1 heterocycles. The minimum absolute atomic E-state index is 0.0112. The Bertz CT molecular complexity index is 2260. The van der Waals surface area contributed by atoms with Gasteiger partial charge in [-0.15, -0.1) is 11.8 Å². The van der Waals surface area contributed by atoms with Gasteiger partial charge in [0.05, 0.1) is 19.5 Å². The Balaban J connectivity index is 1.18. The van der Waals surface area contributed by atoms with Gasteiger partial charge in [-0.05, 0) is 86.7 Å². The zero-order chi connectivity index (χ0) is 35.9. The summed E-state index contributed by atoms with van der Waals surface area (Å²) in [5.74, 6) is -0.0714. The number of aromatic nitrogens is 1. The largest absolute Gasteiger partial charge is 0.497 e. The molecule has 0 aliphatic heterocycles. The number of rotatable bonds is 12. The molecule has 0 radical (unpaired) electrons. The van der Waals surface area contributed by atoms with Crippen LogP contribution in [0.2, 0.25) is 0 Å². The van der Waals surface area contributed by atoms with Crippen molar-refractivity contribution in [2.75, 3.05) is 24.9 Å². The summed E-state index contributed by atoms with van der Waals surface area (Å²) in [6.45, 7) is 4.82. The van der Waals surface area contributed by atoms with Crippen LogP contribution in [0.4, 0.5) is 11.4 Å². The molecule has 0 fully saturated rings. The van der Waals surface area contributed by atoms with Crippen LogP contribution in [0.1, 0.15) is 29.8 Å². The molecule has 10 heteroatoms. The van der Waals surface area contributed by atoms with E-state index in [0.717, 1.165) is 38.9 Å². The van der Waals surface area contributed by atoms with Crippen LogP contribution in [-0.4, -0.2) is 41.8 Å². The van der Waals surface area contributed by atoms with Crippen molar-refractivity contribution >= 4 is 68.7 Å². The zero-order valence-corrected chi connectivity index (χ0v) is 29.5. The van der Waals surface area contributed by atoms with Gasteiger partial charge < -0.3 is 30.0 Å². The number of aryl methyl sites for hydroxylation is 1. The molecule has 0 aliphatic carbocycles. The van der Waals surface area contributed by atoms with Crippen LogP contribution < -0.4 is 25.4 Å². The van der Waals surface area contributed by atoms with Gasteiger partial charge in [-0.2, -0.15) is 0 Å². The summed E-state index contributed by atoms with van der Waals surface area (Å²) in [6, 6.07) is 35.3. The number of ether oxygens (including phenoxy) is 2. The van der Waals surface area contributed by atoms with Crippen molar-refractivity contribution in [1.29, 1.82) is 0 Å². The molecule has 6 rings (SSSR count). The molecule has 51 heavy (non-hydrogen) atoms. The average molecular weight is 699 g/mol. The first kappa shape index (κ1) is 34.8. The van der Waals surface area contributed by atoms with Crippen LogP contribution in [-0.2, 0) is 16.1 Å². The summed E-state index contributed by atoms with van der Waals surface area (Å²) in [6.07, 6.45) is 1.55. The van der Waals surface area contributed by atoms with Gasteiger partial charge in [0.1, 0.15) is 17.2 Å². The maximum absolute atomic E-state index is 13.7. The summed E-state index contributed by atoms with van der Waals surface area (Å²) >= 11 is 1.37. The number of nitrogens with zero attached hydrogens (tertiary/aromatic N) is 1. The third-order valence-electron chi connectivity index (χ3n) is 8.40. The maximum atomic E-state index is 13.7. The van der Waals surface area contributed by atoms with E-state index in [2.05, 4.69) is 39.6 Å². The predicted molar refractivity (Wildman–Crippen MR) is 206 cm³/mol. The van der Waals surface area contributed by atoms with Crippen molar-refractivity contribution in [3.63, 3.8) is 0 Å². The van der Waals surface area contributed by atoms with E-state index in [4.69, 9.17) is 9.47 Å². The van der Waals surface area contributed by atoms with E-state index >= 15 is 0 Å². The minimum atomic E-state index is -0.537. The summed E-state index contributed by atoms with van der Waals surface area (Å²) in [7, 11) is 3.07. The monoisotopic (exact) mass is 698 g/mol. The molecule has 0 saturated carbocycles. The summed E-state index contributed by atoms with van der Waals surface area (Å²) in [4.78, 5) is 41.0. The predicted octanol–water partition coefficient (Wildman–Crippen LogP) is 8.36. The highest BCUT2D eigenvalue weighted by molar-refractivity contribution is 8.00. The number of para-hydroxylation sites is 1. The Kier molecular flexibility index (Phi) is 10.7. The fourth-order valence-corrected chi connectivity index (χ4v) is 6.78. The van der Waals surface area contributed by atoms with Crippen LogP contribution in [0.3, 0.4) is 0 Å². The molecule has 6 aromatic rings. The maximum Gasteiger partial charge on any atom is 0.272 e. The van der Waals surface area contributed by atoms with Crippen LogP contribution in [0.15, 0.2) is 126 Å². The molecule has 5 aromatic carbocycles. The number of thioether (sulfide) groups is 1. The summed E-state index contributed by atoms with van der Waals surface area (Å²) in [5.41, 5.74) is 4.49. The molecule has 0 bridgehead atoms. The first-order valence-electron chi connectivity index (χ1n) is 16.5. The highest BCUT2D eigenvalue weighted by Gasteiger charge is 2.19. The molecule has 0 aliphatic rings. The van der Waals surface area contributed by atoms with Crippen molar-refractivity contribution in [1.82, 2.24) is 9.88 Å².